The lowest BCUT2D eigenvalue weighted by atomic mass is 10.1. The molecule has 1 unspecified atom stereocenters. The largest absolute Gasteiger partial charge is 0.341 e. The number of rotatable bonds is 3. The Morgan fingerprint density at radius 3 is 2.95 bits per heavy atom. The molecule has 1 atom stereocenters. The normalized spacial score (nSPS) is 19.3. The molecule has 19 heavy (non-hydrogen) atoms. The molecule has 4 heteroatoms. The minimum Gasteiger partial charge on any atom is -0.341 e. The van der Waals surface area contributed by atoms with Crippen molar-refractivity contribution in [3.05, 3.63) is 42.2 Å². The summed E-state index contributed by atoms with van der Waals surface area (Å²) in [6.07, 6.45) is 5.27. The Balaban J connectivity index is 1.77. The summed E-state index contributed by atoms with van der Waals surface area (Å²) >= 11 is 3.51. The molecule has 1 fully saturated rings. The van der Waals surface area contributed by atoms with E-state index in [9.17, 15) is 4.79 Å². The van der Waals surface area contributed by atoms with Crippen molar-refractivity contribution in [2.45, 2.75) is 17.7 Å². The Morgan fingerprint density at radius 2 is 2.16 bits per heavy atom. The lowest BCUT2D eigenvalue weighted by Gasteiger charge is -2.16. The van der Waals surface area contributed by atoms with Crippen LogP contribution >= 0.6 is 15.9 Å². The van der Waals surface area contributed by atoms with Crippen LogP contribution in [0, 0.1) is 0 Å². The number of carbonyl (C=O) groups excluding carboxylic acids is 1. The van der Waals surface area contributed by atoms with Gasteiger partial charge in [0.2, 0.25) is 5.91 Å². The van der Waals surface area contributed by atoms with Crippen molar-refractivity contribution in [3.8, 4) is 0 Å². The van der Waals surface area contributed by atoms with Gasteiger partial charge in [-0.1, -0.05) is 40.2 Å². The molecule has 0 bridgehead atoms. The van der Waals surface area contributed by atoms with Crippen molar-refractivity contribution in [3.63, 3.8) is 0 Å². The van der Waals surface area contributed by atoms with Crippen molar-refractivity contribution in [2.75, 3.05) is 13.1 Å². The van der Waals surface area contributed by atoms with Crippen LogP contribution in [0.15, 0.2) is 36.7 Å². The molecule has 3 nitrogen and oxygen atoms in total. The standard InChI is InChI=1S/C15H15BrN2O/c16-13-7-15(19)18(10-13)6-5-12-9-17-8-11-3-1-2-4-14(11)12/h1-4,8-9,13H,5-7,10H2. The third-order valence-electron chi connectivity index (χ3n) is 3.57. The number of alkyl halides is 1. The number of aromatic nitrogens is 1. The molecule has 1 saturated heterocycles. The van der Waals surface area contributed by atoms with Crippen LogP contribution in [0.5, 0.6) is 0 Å². The van der Waals surface area contributed by atoms with Crippen molar-refractivity contribution in [1.82, 2.24) is 9.88 Å². The van der Waals surface area contributed by atoms with Crippen LogP contribution in [0.25, 0.3) is 10.8 Å². The average Bonchev–Trinajstić information content (AvgIpc) is 2.74. The number of hydrogen-bond donors (Lipinski definition) is 0. The number of likely N-dealkylation sites (tertiary alicyclic amines) is 1. The molecule has 0 saturated carbocycles. The Kier molecular flexibility index (Phi) is 3.51. The van der Waals surface area contributed by atoms with Gasteiger partial charge in [-0.15, -0.1) is 0 Å². The highest BCUT2D eigenvalue weighted by Crippen LogP contribution is 2.21. The van der Waals surface area contributed by atoms with Crippen molar-refractivity contribution in [2.24, 2.45) is 0 Å². The average molecular weight is 319 g/mol. The highest BCUT2D eigenvalue weighted by molar-refractivity contribution is 9.09. The van der Waals surface area contributed by atoms with Crippen molar-refractivity contribution >= 4 is 32.6 Å². The monoisotopic (exact) mass is 318 g/mol. The van der Waals surface area contributed by atoms with Gasteiger partial charge in [0.1, 0.15) is 0 Å². The highest BCUT2D eigenvalue weighted by atomic mass is 79.9. The van der Waals surface area contributed by atoms with Gasteiger partial charge in [0.25, 0.3) is 0 Å². The van der Waals surface area contributed by atoms with Crippen LogP contribution in [-0.4, -0.2) is 33.7 Å². The van der Waals surface area contributed by atoms with Crippen LogP contribution < -0.4 is 0 Å². The minimum atomic E-state index is 0.245. The van der Waals surface area contributed by atoms with E-state index in [4.69, 9.17) is 0 Å². The molecule has 1 aromatic heterocycles. The SMILES string of the molecule is O=C1CC(Br)CN1CCc1cncc2ccccc12. The second-order valence-corrected chi connectivity index (χ2v) is 6.21. The fourth-order valence-electron chi connectivity index (χ4n) is 2.57. The van der Waals surface area contributed by atoms with Gasteiger partial charge in [0.15, 0.2) is 0 Å². The molecule has 1 aliphatic rings. The van der Waals surface area contributed by atoms with Gasteiger partial charge < -0.3 is 4.90 Å². The molecule has 0 spiro atoms. The number of amides is 1. The Morgan fingerprint density at radius 1 is 1.32 bits per heavy atom. The third kappa shape index (κ3) is 2.63. The summed E-state index contributed by atoms with van der Waals surface area (Å²) in [5.74, 6) is 0.245. The molecule has 2 aromatic rings. The number of fused-ring (bicyclic) bond motifs is 1. The van der Waals surface area contributed by atoms with Crippen LogP contribution in [0.2, 0.25) is 0 Å². The lowest BCUT2D eigenvalue weighted by Crippen LogP contribution is -2.27. The third-order valence-corrected chi connectivity index (χ3v) is 4.18. The van der Waals surface area contributed by atoms with E-state index in [1.54, 1.807) is 0 Å². The fraction of sp³-hybridized carbons (Fsp3) is 0.333. The number of halogens is 1. The van der Waals surface area contributed by atoms with Crippen LogP contribution in [0.4, 0.5) is 0 Å². The summed E-state index contributed by atoms with van der Waals surface area (Å²) in [6.45, 7) is 1.59. The molecule has 0 radical (unpaired) electrons. The fourth-order valence-corrected chi connectivity index (χ4v) is 3.20. The number of nitrogens with zero attached hydrogens (tertiary/aromatic N) is 2. The molecular formula is C15H15BrN2O. The van der Waals surface area contributed by atoms with E-state index in [1.807, 2.05) is 29.4 Å². The van der Waals surface area contributed by atoms with Gasteiger partial charge in [-0.2, -0.15) is 0 Å². The molecular weight excluding hydrogens is 304 g/mol. The molecule has 98 valence electrons. The van der Waals surface area contributed by atoms with E-state index >= 15 is 0 Å². The Bertz CT molecular complexity index is 609. The quantitative estimate of drug-likeness (QED) is 0.815. The van der Waals surface area contributed by atoms with E-state index in [0.29, 0.717) is 11.2 Å². The summed E-state index contributed by atoms with van der Waals surface area (Å²) in [5, 5.41) is 2.39. The van der Waals surface area contributed by atoms with E-state index in [0.717, 1.165) is 24.9 Å². The lowest BCUT2D eigenvalue weighted by molar-refractivity contribution is -0.127. The topological polar surface area (TPSA) is 33.2 Å². The summed E-state index contributed by atoms with van der Waals surface area (Å²) in [5.41, 5.74) is 1.21. The zero-order chi connectivity index (χ0) is 13.2. The zero-order valence-electron chi connectivity index (χ0n) is 10.6. The summed E-state index contributed by atoms with van der Waals surface area (Å²) in [7, 11) is 0. The number of pyridine rings is 1. The van der Waals surface area contributed by atoms with E-state index < -0.39 is 0 Å². The Labute approximate surface area is 120 Å². The molecule has 2 heterocycles. The number of carbonyl (C=O) groups is 1. The van der Waals surface area contributed by atoms with Gasteiger partial charge in [0.05, 0.1) is 0 Å². The maximum Gasteiger partial charge on any atom is 0.223 e. The molecule has 1 aromatic carbocycles. The van der Waals surface area contributed by atoms with E-state index in [2.05, 4.69) is 33.0 Å². The van der Waals surface area contributed by atoms with Crippen molar-refractivity contribution < 1.29 is 4.79 Å². The summed E-state index contributed by atoms with van der Waals surface area (Å²) in [6, 6.07) is 8.25. The maximum atomic E-state index is 11.7. The van der Waals surface area contributed by atoms with E-state index in [1.165, 1.54) is 10.9 Å². The molecule has 1 amide bonds. The van der Waals surface area contributed by atoms with Gasteiger partial charge in [-0.05, 0) is 17.4 Å². The second-order valence-electron chi connectivity index (χ2n) is 4.91. The molecule has 0 aliphatic carbocycles. The van der Waals surface area contributed by atoms with Crippen LogP contribution in [-0.2, 0) is 11.2 Å². The number of benzene rings is 1. The number of hydrogen-bond acceptors (Lipinski definition) is 2. The first-order chi connectivity index (χ1) is 9.24. The van der Waals surface area contributed by atoms with Gasteiger partial charge in [-0.25, -0.2) is 0 Å². The van der Waals surface area contributed by atoms with Crippen LogP contribution in [0.3, 0.4) is 0 Å². The first kappa shape index (κ1) is 12.6. The highest BCUT2D eigenvalue weighted by Gasteiger charge is 2.27. The van der Waals surface area contributed by atoms with Gasteiger partial charge >= 0.3 is 0 Å². The van der Waals surface area contributed by atoms with Gasteiger partial charge in [-0.3, -0.25) is 9.78 Å². The minimum absolute atomic E-state index is 0.245. The maximum absolute atomic E-state index is 11.7. The molecule has 0 N–H and O–H groups in total. The first-order valence-corrected chi connectivity index (χ1v) is 7.39. The first-order valence-electron chi connectivity index (χ1n) is 6.47. The zero-order valence-corrected chi connectivity index (χ0v) is 12.1. The molecule has 1 aliphatic heterocycles. The van der Waals surface area contributed by atoms with Crippen molar-refractivity contribution in [1.29, 1.82) is 0 Å². The Hall–Kier alpha value is -1.42. The predicted molar refractivity (Wildman–Crippen MR) is 79.4 cm³/mol. The van der Waals surface area contributed by atoms with Crippen LogP contribution in [0.1, 0.15) is 12.0 Å². The van der Waals surface area contributed by atoms with E-state index in [-0.39, 0.29) is 5.91 Å². The van der Waals surface area contributed by atoms with Gasteiger partial charge in [0, 0.05) is 42.1 Å². The smallest absolute Gasteiger partial charge is 0.223 e. The molecule has 3 rings (SSSR count). The summed E-state index contributed by atoms with van der Waals surface area (Å²) in [4.78, 5) is 18.3. The second kappa shape index (κ2) is 5.29. The predicted octanol–water partition coefficient (Wildman–Crippen LogP) is 2.77. The summed E-state index contributed by atoms with van der Waals surface area (Å²) < 4.78 is 0.